The van der Waals surface area contributed by atoms with Crippen LogP contribution in [0.4, 0.5) is 8.78 Å². The maximum absolute atomic E-state index is 14.3. The topological polar surface area (TPSA) is 130 Å². The van der Waals surface area contributed by atoms with Crippen LogP contribution in [-0.2, 0) is 27.8 Å². The Labute approximate surface area is 192 Å². The van der Waals surface area contributed by atoms with E-state index in [0.29, 0.717) is 21.9 Å². The van der Waals surface area contributed by atoms with Crippen molar-refractivity contribution in [3.8, 4) is 6.07 Å². The lowest BCUT2D eigenvalue weighted by molar-refractivity contribution is -0.117. The first-order valence-electron chi connectivity index (χ1n) is 9.99. The number of nitrogens with zero attached hydrogens (tertiary/aromatic N) is 1. The molecule has 3 rings (SSSR count). The number of nitriles is 1. The van der Waals surface area contributed by atoms with E-state index in [0.717, 1.165) is 35.8 Å². The second kappa shape index (κ2) is 10.2. The van der Waals surface area contributed by atoms with E-state index >= 15 is 0 Å². The molecule has 0 saturated heterocycles. The summed E-state index contributed by atoms with van der Waals surface area (Å²) in [4.78, 5) is 11.7. The summed E-state index contributed by atoms with van der Waals surface area (Å²) < 4.78 is 38.1. The number of carbonyl (C=O) groups is 1. The van der Waals surface area contributed by atoms with Crippen molar-refractivity contribution < 1.29 is 22.9 Å². The van der Waals surface area contributed by atoms with E-state index < -0.39 is 34.1 Å². The van der Waals surface area contributed by atoms with E-state index in [1.807, 2.05) is 19.9 Å². The molecule has 0 bridgehead atoms. The lowest BCUT2D eigenvalue weighted by Crippen LogP contribution is -2.18. The van der Waals surface area contributed by atoms with E-state index in [2.05, 4.69) is 0 Å². The molecular weight excluding hydrogens is 456 g/mol. The predicted octanol–water partition coefficient (Wildman–Crippen LogP) is 3.82. The summed E-state index contributed by atoms with van der Waals surface area (Å²) in [6.45, 7) is 6.78. The molecule has 1 unspecified atom stereocenters. The zero-order valence-corrected chi connectivity index (χ0v) is 20.0. The zero-order chi connectivity index (χ0) is 24.4. The zero-order valence-electron chi connectivity index (χ0n) is 18.4. The molecule has 0 radical (unpaired) electrons. The van der Waals surface area contributed by atoms with E-state index in [9.17, 15) is 22.9 Å². The number of halogens is 2. The number of hydrogen-bond donors (Lipinski definition) is 3. The third-order valence-electron chi connectivity index (χ3n) is 4.95. The Hall–Kier alpha value is -2.19. The summed E-state index contributed by atoms with van der Waals surface area (Å²) in [5, 5.41) is 23.6. The molecule has 1 atom stereocenters. The molecule has 1 heterocycles. The van der Waals surface area contributed by atoms with Gasteiger partial charge in [0.2, 0.25) is 5.91 Å². The van der Waals surface area contributed by atoms with Gasteiger partial charge >= 0.3 is 0 Å². The van der Waals surface area contributed by atoms with Gasteiger partial charge in [-0.05, 0) is 67.3 Å². The van der Waals surface area contributed by atoms with E-state index in [1.165, 1.54) is 13.8 Å². The molecule has 0 aliphatic heterocycles. The number of benzene rings is 1. The Morgan fingerprint density at radius 1 is 1.38 bits per heavy atom. The molecule has 1 aromatic carbocycles. The van der Waals surface area contributed by atoms with Gasteiger partial charge in [0.1, 0.15) is 27.1 Å². The summed E-state index contributed by atoms with van der Waals surface area (Å²) in [5.74, 6) is -1.33. The minimum atomic E-state index is -1.82. The first kappa shape index (κ1) is 26.1. The number of aliphatic hydroxyl groups is 1. The van der Waals surface area contributed by atoms with Crippen molar-refractivity contribution in [1.29, 1.82) is 5.26 Å². The van der Waals surface area contributed by atoms with E-state index in [4.69, 9.17) is 16.1 Å². The molecule has 1 amide bonds. The van der Waals surface area contributed by atoms with Crippen molar-refractivity contribution in [2.24, 2.45) is 10.9 Å². The van der Waals surface area contributed by atoms with Gasteiger partial charge < -0.3 is 10.8 Å². The second-order valence-corrected chi connectivity index (χ2v) is 10.8. The van der Waals surface area contributed by atoms with Crippen molar-refractivity contribution in [2.75, 3.05) is 0 Å². The molecule has 1 fully saturated rings. The minimum Gasteiger partial charge on any atom is -0.385 e. The highest BCUT2D eigenvalue weighted by atomic mass is 32.2. The summed E-state index contributed by atoms with van der Waals surface area (Å²) in [5.41, 5.74) is 6.32. The standard InChI is InChI=1S/C15H17FN2O.C7H10FNO2S2/c1-8(2)14-12(6-13(18)19)11(9-3-4-9)5-10(7-17)15(14)16;1-7(2,10)5-3-4(8)6(12-5)13(9)11/h5,8-9H,3-4,6H2,1-2H3,(H2,18,19);3,10H,9H2,1-2H3. The molecule has 0 spiro atoms. The molecule has 1 aliphatic rings. The van der Waals surface area contributed by atoms with Crippen LogP contribution in [0.2, 0.25) is 0 Å². The van der Waals surface area contributed by atoms with Gasteiger partial charge in [0.05, 0.1) is 17.6 Å². The molecule has 2 aromatic rings. The third kappa shape index (κ3) is 6.19. The number of amides is 1. The third-order valence-corrected chi connectivity index (χ3v) is 7.47. The summed E-state index contributed by atoms with van der Waals surface area (Å²) in [6.07, 6.45) is 2.10. The van der Waals surface area contributed by atoms with Crippen molar-refractivity contribution in [2.45, 2.75) is 68.6 Å². The van der Waals surface area contributed by atoms with Crippen LogP contribution in [0, 0.1) is 23.0 Å². The van der Waals surface area contributed by atoms with Gasteiger partial charge in [0.15, 0.2) is 5.82 Å². The summed E-state index contributed by atoms with van der Waals surface area (Å²) in [7, 11) is -1.82. The monoisotopic (exact) mass is 483 g/mol. The fourth-order valence-corrected chi connectivity index (χ4v) is 4.96. The predicted molar refractivity (Wildman–Crippen MR) is 120 cm³/mol. The summed E-state index contributed by atoms with van der Waals surface area (Å²) in [6, 6.07) is 4.65. The number of rotatable bonds is 6. The van der Waals surface area contributed by atoms with Gasteiger partial charge in [-0.15, -0.1) is 11.3 Å². The molecule has 32 heavy (non-hydrogen) atoms. The summed E-state index contributed by atoms with van der Waals surface area (Å²) >= 11 is 0.924. The van der Waals surface area contributed by atoms with Gasteiger partial charge in [-0.25, -0.2) is 18.1 Å². The first-order valence-corrected chi connectivity index (χ1v) is 12.0. The highest BCUT2D eigenvalue weighted by Gasteiger charge is 2.31. The highest BCUT2D eigenvalue weighted by Crippen LogP contribution is 2.44. The fraction of sp³-hybridized carbons (Fsp3) is 0.455. The smallest absolute Gasteiger partial charge is 0.221 e. The van der Waals surface area contributed by atoms with Gasteiger partial charge in [0, 0.05) is 4.88 Å². The van der Waals surface area contributed by atoms with Crippen LogP contribution < -0.4 is 10.9 Å². The normalized spacial score (nSPS) is 14.5. The van der Waals surface area contributed by atoms with Crippen LogP contribution in [0.25, 0.3) is 0 Å². The van der Waals surface area contributed by atoms with Crippen LogP contribution >= 0.6 is 11.3 Å². The second-order valence-electron chi connectivity index (χ2n) is 8.51. The Kier molecular flexibility index (Phi) is 8.28. The van der Waals surface area contributed by atoms with E-state index in [-0.39, 0.29) is 22.1 Å². The molecule has 10 heteroatoms. The Morgan fingerprint density at radius 3 is 2.31 bits per heavy atom. The van der Waals surface area contributed by atoms with Crippen LogP contribution in [0.15, 0.2) is 16.3 Å². The molecule has 1 saturated carbocycles. The lowest BCUT2D eigenvalue weighted by atomic mass is 9.87. The number of primary amides is 1. The van der Waals surface area contributed by atoms with Gasteiger partial charge in [0.25, 0.3) is 0 Å². The average molecular weight is 484 g/mol. The SMILES string of the molecule is CC(C)(O)c1cc(F)c(S(N)=O)s1.CC(C)c1c(F)c(C#N)cc(C2CC2)c1CC(N)=O. The van der Waals surface area contributed by atoms with Crippen molar-refractivity contribution in [3.63, 3.8) is 0 Å². The first-order chi connectivity index (χ1) is 14.8. The van der Waals surface area contributed by atoms with Crippen LogP contribution in [0.5, 0.6) is 0 Å². The van der Waals surface area contributed by atoms with Crippen LogP contribution in [0.1, 0.15) is 79.5 Å². The van der Waals surface area contributed by atoms with Crippen molar-refractivity contribution in [1.82, 2.24) is 0 Å². The minimum absolute atomic E-state index is 0.0304. The molecule has 174 valence electrons. The number of hydrogen-bond acceptors (Lipinski definition) is 5. The fourth-order valence-electron chi connectivity index (χ4n) is 3.34. The van der Waals surface area contributed by atoms with E-state index in [1.54, 1.807) is 6.07 Å². The molecule has 5 N–H and O–H groups in total. The number of thiophene rings is 1. The van der Waals surface area contributed by atoms with Crippen LogP contribution in [-0.4, -0.2) is 15.2 Å². The quantitative estimate of drug-likeness (QED) is 0.576. The highest BCUT2D eigenvalue weighted by molar-refractivity contribution is 7.85. The van der Waals surface area contributed by atoms with Crippen molar-refractivity contribution in [3.05, 3.63) is 50.9 Å². The molecule has 1 aromatic heterocycles. The van der Waals surface area contributed by atoms with Gasteiger partial charge in [-0.1, -0.05) is 13.8 Å². The average Bonchev–Trinajstić information content (AvgIpc) is 3.41. The molecule has 1 aliphatic carbocycles. The van der Waals surface area contributed by atoms with Gasteiger partial charge in [-0.3, -0.25) is 4.79 Å². The van der Waals surface area contributed by atoms with Crippen LogP contribution in [0.3, 0.4) is 0 Å². The Balaban J connectivity index is 0.000000244. The van der Waals surface area contributed by atoms with Gasteiger partial charge in [-0.2, -0.15) is 5.26 Å². The Morgan fingerprint density at radius 2 is 1.97 bits per heavy atom. The Bertz CT molecular complexity index is 1080. The number of nitrogens with two attached hydrogens (primary N) is 2. The number of carbonyl (C=O) groups excluding carboxylic acids is 1. The lowest BCUT2D eigenvalue weighted by Gasteiger charge is -2.18. The largest absolute Gasteiger partial charge is 0.385 e. The molecular formula is C22H27F2N3O3S2. The maximum Gasteiger partial charge on any atom is 0.221 e. The van der Waals surface area contributed by atoms with Crippen molar-refractivity contribution >= 4 is 28.2 Å². The molecule has 6 nitrogen and oxygen atoms in total. The maximum atomic E-state index is 14.3.